The molecular weight excluding hydrogens is 354 g/mol. The van der Waals surface area contributed by atoms with E-state index in [-0.39, 0.29) is 36.5 Å². The third-order valence-electron chi connectivity index (χ3n) is 5.23. The van der Waals surface area contributed by atoms with E-state index in [1.54, 1.807) is 23.1 Å². The first kappa shape index (κ1) is 15.8. The molecular formula is C19H17NO5S. The van der Waals surface area contributed by atoms with Crippen molar-refractivity contribution in [3.63, 3.8) is 0 Å². The van der Waals surface area contributed by atoms with Gasteiger partial charge in [0, 0.05) is 12.0 Å². The highest BCUT2D eigenvalue weighted by atomic mass is 32.2. The maximum atomic E-state index is 12.7. The molecule has 134 valence electrons. The third kappa shape index (κ3) is 2.20. The minimum absolute atomic E-state index is 0.0448. The van der Waals surface area contributed by atoms with Gasteiger partial charge in [0.05, 0.1) is 23.5 Å². The molecule has 0 radical (unpaired) electrons. The second-order valence-electron chi connectivity index (χ2n) is 6.96. The van der Waals surface area contributed by atoms with Gasteiger partial charge in [-0.3, -0.25) is 8.98 Å². The van der Waals surface area contributed by atoms with Gasteiger partial charge < -0.3 is 9.64 Å². The number of rotatable bonds is 0. The molecule has 6 nitrogen and oxygen atoms in total. The van der Waals surface area contributed by atoms with Crippen molar-refractivity contribution in [1.82, 2.24) is 0 Å². The summed E-state index contributed by atoms with van der Waals surface area (Å²) >= 11 is 0. The number of carbonyl (C=O) groups excluding carboxylic acids is 1. The van der Waals surface area contributed by atoms with Crippen molar-refractivity contribution >= 4 is 21.7 Å². The molecule has 3 aliphatic rings. The minimum atomic E-state index is -3.93. The molecule has 26 heavy (non-hydrogen) atoms. The van der Waals surface area contributed by atoms with Crippen LogP contribution in [-0.4, -0.2) is 27.0 Å². The first-order valence-electron chi connectivity index (χ1n) is 8.54. The highest BCUT2D eigenvalue weighted by Gasteiger charge is 2.38. The Bertz CT molecular complexity index is 1060. The predicted molar refractivity (Wildman–Crippen MR) is 93.8 cm³/mol. The molecule has 5 rings (SSSR count). The van der Waals surface area contributed by atoms with Crippen LogP contribution in [0.5, 0.6) is 5.75 Å². The molecule has 3 heterocycles. The van der Waals surface area contributed by atoms with E-state index in [0.29, 0.717) is 12.0 Å². The van der Waals surface area contributed by atoms with Gasteiger partial charge in [-0.25, -0.2) is 0 Å². The van der Waals surface area contributed by atoms with Gasteiger partial charge in [-0.1, -0.05) is 24.3 Å². The van der Waals surface area contributed by atoms with E-state index >= 15 is 0 Å². The lowest BCUT2D eigenvalue weighted by atomic mass is 10.0. The first-order chi connectivity index (χ1) is 12.4. The number of ether oxygens (including phenoxy) is 1. The van der Waals surface area contributed by atoms with Crippen molar-refractivity contribution in [1.29, 1.82) is 0 Å². The van der Waals surface area contributed by atoms with Crippen LogP contribution in [0.25, 0.3) is 0 Å². The summed E-state index contributed by atoms with van der Waals surface area (Å²) in [6.45, 7) is 2.13. The lowest BCUT2D eigenvalue weighted by molar-refractivity contribution is -0.117. The van der Waals surface area contributed by atoms with Crippen molar-refractivity contribution in [2.75, 3.05) is 11.5 Å². The Morgan fingerprint density at radius 1 is 1.19 bits per heavy atom. The smallest absolute Gasteiger partial charge is 0.297 e. The first-order valence-corrected chi connectivity index (χ1v) is 9.94. The van der Waals surface area contributed by atoms with Crippen LogP contribution in [-0.2, 0) is 38.5 Å². The summed E-state index contributed by atoms with van der Waals surface area (Å²) in [7, 11) is -3.93. The summed E-state index contributed by atoms with van der Waals surface area (Å²) in [5.41, 5.74) is 4.33. The van der Waals surface area contributed by atoms with Crippen LogP contribution in [0.2, 0.25) is 0 Å². The second kappa shape index (κ2) is 5.31. The summed E-state index contributed by atoms with van der Waals surface area (Å²) in [5.74, 6) is 0.678. The van der Waals surface area contributed by atoms with Gasteiger partial charge in [0.15, 0.2) is 0 Å². The van der Waals surface area contributed by atoms with Crippen molar-refractivity contribution in [2.24, 2.45) is 0 Å². The van der Waals surface area contributed by atoms with Gasteiger partial charge in [-0.2, -0.15) is 8.42 Å². The fraction of sp³-hybridized carbons (Fsp3) is 0.316. The molecule has 0 saturated heterocycles. The number of hydrogen-bond acceptors (Lipinski definition) is 5. The van der Waals surface area contributed by atoms with Crippen LogP contribution < -0.4 is 9.64 Å². The molecule has 1 amide bonds. The Balaban J connectivity index is 1.75. The number of anilines is 1. The predicted octanol–water partition coefficient (Wildman–Crippen LogP) is 2.11. The molecule has 0 aliphatic carbocycles. The Kier molecular flexibility index (Phi) is 3.24. The van der Waals surface area contributed by atoms with E-state index in [1.807, 2.05) is 13.0 Å². The molecule has 2 aromatic carbocycles. The third-order valence-corrected chi connectivity index (χ3v) is 6.61. The molecule has 0 aromatic heterocycles. The van der Waals surface area contributed by atoms with Crippen LogP contribution in [0, 0.1) is 6.92 Å². The summed E-state index contributed by atoms with van der Waals surface area (Å²) in [6, 6.07) is 8.72. The van der Waals surface area contributed by atoms with E-state index in [4.69, 9.17) is 8.92 Å². The number of amides is 1. The Labute approximate surface area is 151 Å². The number of nitrogens with zero attached hydrogens (tertiary/aromatic N) is 1. The Hall–Kier alpha value is -2.38. The maximum absolute atomic E-state index is 12.7. The minimum Gasteiger partial charge on any atom is -0.487 e. The van der Waals surface area contributed by atoms with E-state index in [9.17, 15) is 13.2 Å². The van der Waals surface area contributed by atoms with Crippen molar-refractivity contribution in [3.8, 4) is 5.75 Å². The van der Waals surface area contributed by atoms with Gasteiger partial charge in [0.2, 0.25) is 5.91 Å². The van der Waals surface area contributed by atoms with Gasteiger partial charge in [-0.15, -0.1) is 0 Å². The quantitative estimate of drug-likeness (QED) is 0.663. The molecule has 1 unspecified atom stereocenters. The molecule has 0 spiro atoms. The molecule has 0 N–H and O–H groups in total. The van der Waals surface area contributed by atoms with Gasteiger partial charge >= 0.3 is 0 Å². The molecule has 0 saturated carbocycles. The number of hydrogen-bond donors (Lipinski definition) is 0. The normalized spacial score (nSPS) is 22.6. The fourth-order valence-corrected chi connectivity index (χ4v) is 5.29. The fourth-order valence-electron chi connectivity index (χ4n) is 4.14. The standard InChI is InChI=1S/C19H17NO5S/c1-11-6-13-7-14-10-24-26(22,23)16-5-3-2-4-12(16)9-20-17(21)8-15(18(11)20)19(13)25-14/h2-6,14H,7-10H2,1H3. The van der Waals surface area contributed by atoms with Crippen molar-refractivity contribution in [2.45, 2.75) is 37.3 Å². The highest BCUT2D eigenvalue weighted by Crippen LogP contribution is 2.45. The Morgan fingerprint density at radius 3 is 2.85 bits per heavy atom. The largest absolute Gasteiger partial charge is 0.487 e. The average Bonchev–Trinajstić information content (AvgIpc) is 3.15. The average molecular weight is 371 g/mol. The number of benzene rings is 2. The summed E-state index contributed by atoms with van der Waals surface area (Å²) in [6.07, 6.45) is 0.484. The van der Waals surface area contributed by atoms with Gasteiger partial charge in [0.1, 0.15) is 18.5 Å². The molecule has 0 fully saturated rings. The molecule has 2 aromatic rings. The lowest BCUT2D eigenvalue weighted by Gasteiger charge is -2.22. The van der Waals surface area contributed by atoms with E-state index in [1.165, 1.54) is 6.07 Å². The van der Waals surface area contributed by atoms with Crippen molar-refractivity contribution in [3.05, 3.63) is 52.6 Å². The SMILES string of the molecule is Cc1cc2c3c4c1N(Cc1ccccc1S(=O)(=O)OCC(C2)O3)C(=O)C4. The van der Waals surface area contributed by atoms with Crippen LogP contribution in [0.4, 0.5) is 5.69 Å². The summed E-state index contributed by atoms with van der Waals surface area (Å²) in [4.78, 5) is 14.5. The van der Waals surface area contributed by atoms with Crippen LogP contribution in [0.15, 0.2) is 35.2 Å². The van der Waals surface area contributed by atoms with Gasteiger partial charge in [-0.05, 0) is 29.7 Å². The number of carbonyl (C=O) groups is 1. The molecule has 1 atom stereocenters. The lowest BCUT2D eigenvalue weighted by Crippen LogP contribution is -2.28. The Morgan fingerprint density at radius 2 is 2.00 bits per heavy atom. The zero-order chi connectivity index (χ0) is 18.1. The summed E-state index contributed by atoms with van der Waals surface area (Å²) in [5, 5.41) is 0. The monoisotopic (exact) mass is 371 g/mol. The molecule has 5 bridgehead atoms. The van der Waals surface area contributed by atoms with Crippen LogP contribution in [0.1, 0.15) is 22.3 Å². The van der Waals surface area contributed by atoms with Crippen LogP contribution >= 0.6 is 0 Å². The summed E-state index contributed by atoms with van der Waals surface area (Å²) < 4.78 is 36.7. The molecule has 7 heteroatoms. The number of aryl methyl sites for hydroxylation is 1. The highest BCUT2D eigenvalue weighted by molar-refractivity contribution is 7.86. The van der Waals surface area contributed by atoms with E-state index in [0.717, 1.165) is 28.1 Å². The zero-order valence-electron chi connectivity index (χ0n) is 14.2. The van der Waals surface area contributed by atoms with E-state index < -0.39 is 10.1 Å². The van der Waals surface area contributed by atoms with E-state index in [2.05, 4.69) is 0 Å². The number of fused-ring (bicyclic) bond motifs is 2. The second-order valence-corrected chi connectivity index (χ2v) is 8.54. The topological polar surface area (TPSA) is 72.9 Å². The molecule has 3 aliphatic heterocycles. The zero-order valence-corrected chi connectivity index (χ0v) is 15.0. The van der Waals surface area contributed by atoms with Crippen LogP contribution in [0.3, 0.4) is 0 Å². The van der Waals surface area contributed by atoms with Gasteiger partial charge in [0.25, 0.3) is 10.1 Å². The maximum Gasteiger partial charge on any atom is 0.297 e. The van der Waals surface area contributed by atoms with Crippen molar-refractivity contribution < 1.29 is 22.1 Å².